The molecule has 3 aromatic carbocycles. The van der Waals surface area contributed by atoms with Gasteiger partial charge >= 0.3 is 0 Å². The van der Waals surface area contributed by atoms with Crippen LogP contribution in [0.1, 0.15) is 51.4 Å². The van der Waals surface area contributed by atoms with E-state index in [-0.39, 0.29) is 50.4 Å². The van der Waals surface area contributed by atoms with E-state index in [0.717, 1.165) is 42.9 Å². The Balaban J connectivity index is 0.865. The van der Waals surface area contributed by atoms with Crippen LogP contribution in [0.5, 0.6) is 5.75 Å². The SMILES string of the molecule is Cc1ncsc1-c1ccc(C(C)NC(=O)[C@@H]2C[C@@H](O)CN2C(=O)C(NC(=O)COCCOCCOCCOc2ccc3c(c2)Sc2cc([N+](=O)[O-])ccc2N3)C(C)(C)C)cc1. The van der Waals surface area contributed by atoms with Crippen LogP contribution in [0.15, 0.2) is 76.0 Å². The number of aryl methyl sites for hydroxylation is 1. The van der Waals surface area contributed by atoms with E-state index in [1.807, 2.05) is 82.6 Å². The fourth-order valence-electron chi connectivity index (χ4n) is 6.90. The van der Waals surface area contributed by atoms with Gasteiger partial charge in [0, 0.05) is 34.9 Å². The van der Waals surface area contributed by atoms with E-state index in [0.29, 0.717) is 32.2 Å². The van der Waals surface area contributed by atoms with Crippen LogP contribution in [0, 0.1) is 22.5 Å². The Bertz CT molecular complexity index is 2180. The van der Waals surface area contributed by atoms with Crippen LogP contribution in [-0.2, 0) is 28.6 Å². The first-order chi connectivity index (χ1) is 29.2. The number of anilines is 2. The first-order valence-corrected chi connectivity index (χ1v) is 21.7. The minimum atomic E-state index is -0.978. The van der Waals surface area contributed by atoms with Gasteiger partial charge in [-0.3, -0.25) is 24.5 Å². The minimum absolute atomic E-state index is 0.0276. The molecule has 2 unspecified atom stereocenters. The fourth-order valence-corrected chi connectivity index (χ4v) is 8.76. The number of nitro groups is 1. The zero-order valence-electron chi connectivity index (χ0n) is 34.8. The van der Waals surface area contributed by atoms with Gasteiger partial charge in [-0.25, -0.2) is 4.98 Å². The second kappa shape index (κ2) is 20.6. The maximum absolute atomic E-state index is 14.0. The predicted molar refractivity (Wildman–Crippen MR) is 231 cm³/mol. The van der Waals surface area contributed by atoms with Crippen molar-refractivity contribution in [3.05, 3.63) is 87.5 Å². The van der Waals surface area contributed by atoms with Crippen molar-refractivity contribution in [1.29, 1.82) is 0 Å². The van der Waals surface area contributed by atoms with E-state index in [1.54, 1.807) is 23.5 Å². The summed E-state index contributed by atoms with van der Waals surface area (Å²) in [6, 6.07) is 16.0. The molecule has 2 aliphatic rings. The van der Waals surface area contributed by atoms with Crippen LogP contribution in [0.25, 0.3) is 10.4 Å². The zero-order chi connectivity index (χ0) is 43.7. The highest BCUT2D eigenvalue weighted by Gasteiger charge is 2.44. The Morgan fingerprint density at radius 1 is 0.951 bits per heavy atom. The van der Waals surface area contributed by atoms with Crippen molar-refractivity contribution in [3.63, 3.8) is 0 Å². The smallest absolute Gasteiger partial charge is 0.270 e. The highest BCUT2D eigenvalue weighted by atomic mass is 32.2. The van der Waals surface area contributed by atoms with Crippen LogP contribution >= 0.6 is 23.1 Å². The van der Waals surface area contributed by atoms with Gasteiger partial charge in [0.1, 0.15) is 31.0 Å². The molecule has 6 rings (SSSR count). The van der Waals surface area contributed by atoms with Gasteiger partial charge in [-0.1, -0.05) is 56.8 Å². The third kappa shape index (κ3) is 12.0. The van der Waals surface area contributed by atoms with Gasteiger partial charge in [0.15, 0.2) is 0 Å². The summed E-state index contributed by atoms with van der Waals surface area (Å²) in [5, 5.41) is 30.8. The normalized spacial score (nSPS) is 16.8. The third-order valence-electron chi connectivity index (χ3n) is 10.2. The zero-order valence-corrected chi connectivity index (χ0v) is 36.4. The van der Waals surface area contributed by atoms with E-state index < -0.39 is 40.3 Å². The summed E-state index contributed by atoms with van der Waals surface area (Å²) in [4.78, 5) is 59.7. The summed E-state index contributed by atoms with van der Waals surface area (Å²) >= 11 is 3.00. The van der Waals surface area contributed by atoms with Crippen LogP contribution in [0.4, 0.5) is 17.1 Å². The fraction of sp³-hybridized carbons (Fsp3) is 0.442. The van der Waals surface area contributed by atoms with Gasteiger partial charge in [-0.15, -0.1) is 11.3 Å². The quantitative estimate of drug-likeness (QED) is 0.0426. The van der Waals surface area contributed by atoms with E-state index in [2.05, 4.69) is 20.9 Å². The third-order valence-corrected chi connectivity index (χ3v) is 12.2. The number of aliphatic hydroxyl groups is 1. The number of nitrogens with one attached hydrogen (secondary N) is 3. The van der Waals surface area contributed by atoms with Crippen molar-refractivity contribution in [3.8, 4) is 16.2 Å². The molecule has 0 bridgehead atoms. The molecule has 0 aliphatic carbocycles. The molecule has 0 radical (unpaired) electrons. The van der Waals surface area contributed by atoms with Gasteiger partial charge in [0.2, 0.25) is 17.7 Å². The van der Waals surface area contributed by atoms with Crippen LogP contribution in [0.3, 0.4) is 0 Å². The lowest BCUT2D eigenvalue weighted by Crippen LogP contribution is -2.58. The number of amides is 3. The Morgan fingerprint density at radius 3 is 2.26 bits per heavy atom. The number of nitrogens with zero attached hydrogens (tertiary/aromatic N) is 3. The lowest BCUT2D eigenvalue weighted by atomic mass is 9.85. The number of benzene rings is 3. The summed E-state index contributed by atoms with van der Waals surface area (Å²) in [6.07, 6.45) is -0.800. The Labute approximate surface area is 362 Å². The number of nitro benzene ring substituents is 1. The van der Waals surface area contributed by atoms with E-state index in [9.17, 15) is 29.6 Å². The molecule has 0 saturated carbocycles. The number of carbonyl (C=O) groups is 3. The van der Waals surface area contributed by atoms with Gasteiger partial charge in [0.05, 0.1) is 77.6 Å². The summed E-state index contributed by atoms with van der Waals surface area (Å²) in [6.45, 7) is 10.6. The Hall–Kier alpha value is -5.11. The molecule has 1 fully saturated rings. The molecule has 3 heterocycles. The molecule has 18 heteroatoms. The standard InChI is InChI=1S/C43H52N6O10S2/c1-26(28-6-8-29(9-7-28)39-27(2)44-25-60-39)45-41(52)35-21-31(50)23-48(35)42(53)40(43(3,4)5)47-38(51)24-58-17-16-56-14-15-57-18-19-59-32-11-13-34-37(22-32)61-36-20-30(49(54)55)10-12-33(36)46-34/h6-13,20,22,25-26,31,35,40,46,50H,14-19,21,23-24H2,1-5H3,(H,45,52)(H,47,51)/t26?,31-,35+,40?/m1/s1. The summed E-state index contributed by atoms with van der Waals surface area (Å²) < 4.78 is 22.5. The number of fused-ring (bicyclic) bond motifs is 2. The number of rotatable bonds is 19. The topological polar surface area (TPSA) is 204 Å². The number of β-amino-alcohol motifs (C(OH)–C–C–N with tert-alkyl or cyclic N) is 1. The summed E-state index contributed by atoms with van der Waals surface area (Å²) in [5.74, 6) is -0.683. The molecule has 0 spiro atoms. The molecule has 4 aromatic rings. The molecule has 1 saturated heterocycles. The highest BCUT2D eigenvalue weighted by Crippen LogP contribution is 2.46. The molecule has 4 atom stereocenters. The lowest BCUT2D eigenvalue weighted by Gasteiger charge is -2.35. The first kappa shape index (κ1) is 45.4. The highest BCUT2D eigenvalue weighted by molar-refractivity contribution is 7.99. The number of aromatic nitrogens is 1. The molecule has 61 heavy (non-hydrogen) atoms. The van der Waals surface area contributed by atoms with Crippen molar-refractivity contribution in [1.82, 2.24) is 20.5 Å². The van der Waals surface area contributed by atoms with Crippen molar-refractivity contribution in [2.45, 2.75) is 75.1 Å². The predicted octanol–water partition coefficient (Wildman–Crippen LogP) is 6.03. The average Bonchev–Trinajstić information content (AvgIpc) is 3.85. The monoisotopic (exact) mass is 876 g/mol. The van der Waals surface area contributed by atoms with Crippen molar-refractivity contribution in [2.24, 2.45) is 5.41 Å². The molecular weight excluding hydrogens is 825 g/mol. The first-order valence-electron chi connectivity index (χ1n) is 20.0. The molecule has 326 valence electrons. The van der Waals surface area contributed by atoms with E-state index >= 15 is 0 Å². The Kier molecular flexibility index (Phi) is 15.4. The minimum Gasteiger partial charge on any atom is -0.491 e. The van der Waals surface area contributed by atoms with Gasteiger partial charge in [0.25, 0.3) is 5.69 Å². The maximum atomic E-state index is 14.0. The van der Waals surface area contributed by atoms with Crippen molar-refractivity contribution >= 4 is 57.9 Å². The molecule has 16 nitrogen and oxygen atoms in total. The number of ether oxygens (including phenoxy) is 4. The van der Waals surface area contributed by atoms with Crippen LogP contribution in [-0.4, -0.2) is 109 Å². The molecule has 2 aliphatic heterocycles. The molecule has 3 amide bonds. The number of hydrogen-bond donors (Lipinski definition) is 4. The molecular formula is C43H52N6O10S2. The van der Waals surface area contributed by atoms with Crippen molar-refractivity contribution < 1.29 is 43.4 Å². The van der Waals surface area contributed by atoms with E-state index in [4.69, 9.17) is 18.9 Å². The summed E-state index contributed by atoms with van der Waals surface area (Å²) in [5.41, 5.74) is 5.73. The van der Waals surface area contributed by atoms with Gasteiger partial charge in [-0.05, 0) is 54.7 Å². The van der Waals surface area contributed by atoms with Crippen LogP contribution in [0.2, 0.25) is 0 Å². The average molecular weight is 877 g/mol. The number of aliphatic hydroxyl groups excluding tert-OH is 1. The molecule has 4 N–H and O–H groups in total. The maximum Gasteiger partial charge on any atom is 0.270 e. The second-order valence-electron chi connectivity index (χ2n) is 15.8. The number of non-ortho nitro benzene ring substituents is 1. The molecule has 1 aromatic heterocycles. The second-order valence-corrected chi connectivity index (χ2v) is 17.8. The summed E-state index contributed by atoms with van der Waals surface area (Å²) in [7, 11) is 0. The number of thiazole rings is 1. The van der Waals surface area contributed by atoms with E-state index in [1.165, 1.54) is 22.7 Å². The lowest BCUT2D eigenvalue weighted by molar-refractivity contribution is -0.385. The van der Waals surface area contributed by atoms with Crippen LogP contribution < -0.4 is 20.7 Å². The number of carbonyl (C=O) groups excluding carboxylic acids is 3. The number of hydrogen-bond acceptors (Lipinski definition) is 14. The number of likely N-dealkylation sites (tertiary alicyclic amines) is 1. The van der Waals surface area contributed by atoms with Gasteiger partial charge in [-0.2, -0.15) is 0 Å². The van der Waals surface area contributed by atoms with Gasteiger partial charge < -0.3 is 44.9 Å². The largest absolute Gasteiger partial charge is 0.491 e. The van der Waals surface area contributed by atoms with Crippen molar-refractivity contribution in [2.75, 3.05) is 58.1 Å². The Morgan fingerprint density at radius 2 is 1.61 bits per heavy atom.